The highest BCUT2D eigenvalue weighted by Crippen LogP contribution is 2.30. The lowest BCUT2D eigenvalue weighted by molar-refractivity contribution is -0.137. The first-order valence-corrected chi connectivity index (χ1v) is 8.69. The third-order valence-electron chi connectivity index (χ3n) is 3.37. The average molecular weight is 372 g/mol. The number of alkyl halides is 3. The Kier molecular flexibility index (Phi) is 5.52. The molecule has 0 saturated carbocycles. The molecule has 2 rings (SSSR count). The predicted molar refractivity (Wildman–Crippen MR) is 84.7 cm³/mol. The zero-order valence-corrected chi connectivity index (χ0v) is 14.0. The number of rotatable bonds is 6. The van der Waals surface area contributed by atoms with E-state index in [1.54, 1.807) is 12.1 Å². The van der Waals surface area contributed by atoms with E-state index in [9.17, 15) is 26.4 Å². The Morgan fingerprint density at radius 2 is 1.56 bits per heavy atom. The SMILES string of the molecule is CC(=O)CCc1ccc(OS(=O)(=O)c2ccc(C(F)(F)F)cc2)cc1. The van der Waals surface area contributed by atoms with E-state index in [-0.39, 0.29) is 16.4 Å². The van der Waals surface area contributed by atoms with Gasteiger partial charge in [0.1, 0.15) is 16.4 Å². The number of carbonyl (C=O) groups is 1. The lowest BCUT2D eigenvalue weighted by Crippen LogP contribution is -2.11. The van der Waals surface area contributed by atoms with Gasteiger partial charge < -0.3 is 8.98 Å². The monoisotopic (exact) mass is 372 g/mol. The maximum Gasteiger partial charge on any atom is 0.416 e. The molecule has 0 amide bonds. The van der Waals surface area contributed by atoms with E-state index in [4.69, 9.17) is 4.18 Å². The van der Waals surface area contributed by atoms with Crippen molar-refractivity contribution in [2.45, 2.75) is 30.8 Å². The van der Waals surface area contributed by atoms with Crippen LogP contribution in [0.5, 0.6) is 5.75 Å². The number of Topliss-reactive ketones (excluding diaryl/α,β-unsaturated/α-hetero) is 1. The van der Waals surface area contributed by atoms with Gasteiger partial charge in [0.05, 0.1) is 5.56 Å². The van der Waals surface area contributed by atoms with E-state index < -0.39 is 21.9 Å². The van der Waals surface area contributed by atoms with Gasteiger partial charge >= 0.3 is 16.3 Å². The van der Waals surface area contributed by atoms with Crippen molar-refractivity contribution < 1.29 is 30.6 Å². The van der Waals surface area contributed by atoms with Crippen molar-refractivity contribution >= 4 is 15.9 Å². The Bertz CT molecular complexity index is 839. The van der Waals surface area contributed by atoms with Gasteiger partial charge in [0, 0.05) is 6.42 Å². The number of ketones is 1. The summed E-state index contributed by atoms with van der Waals surface area (Å²) in [5, 5.41) is 0. The van der Waals surface area contributed by atoms with Crippen LogP contribution in [0.15, 0.2) is 53.4 Å². The third-order valence-corrected chi connectivity index (χ3v) is 4.63. The second kappa shape index (κ2) is 7.26. The smallest absolute Gasteiger partial charge is 0.379 e. The molecule has 0 heterocycles. The molecule has 4 nitrogen and oxygen atoms in total. The summed E-state index contributed by atoms with van der Waals surface area (Å²) in [7, 11) is -4.24. The van der Waals surface area contributed by atoms with Crippen LogP contribution in [0.3, 0.4) is 0 Å². The van der Waals surface area contributed by atoms with Crippen molar-refractivity contribution in [3.63, 3.8) is 0 Å². The first-order chi connectivity index (χ1) is 11.6. The van der Waals surface area contributed by atoms with E-state index in [1.165, 1.54) is 19.1 Å². The summed E-state index contributed by atoms with van der Waals surface area (Å²) in [6.45, 7) is 1.48. The molecule has 2 aromatic carbocycles. The zero-order valence-electron chi connectivity index (χ0n) is 13.2. The molecule has 25 heavy (non-hydrogen) atoms. The third kappa shape index (κ3) is 5.32. The Hall–Kier alpha value is -2.35. The van der Waals surface area contributed by atoms with Crippen molar-refractivity contribution in [2.24, 2.45) is 0 Å². The Labute approximate surface area is 143 Å². The van der Waals surface area contributed by atoms with E-state index in [2.05, 4.69) is 0 Å². The number of benzene rings is 2. The van der Waals surface area contributed by atoms with Crippen molar-refractivity contribution in [1.82, 2.24) is 0 Å². The van der Waals surface area contributed by atoms with E-state index in [1.807, 2.05) is 0 Å². The Morgan fingerprint density at radius 1 is 1.00 bits per heavy atom. The van der Waals surface area contributed by atoms with Crippen molar-refractivity contribution in [3.8, 4) is 5.75 Å². The molecule has 0 spiro atoms. The Morgan fingerprint density at radius 3 is 2.04 bits per heavy atom. The van der Waals surface area contributed by atoms with Gasteiger partial charge in [0.25, 0.3) is 0 Å². The summed E-state index contributed by atoms with van der Waals surface area (Å²) in [4.78, 5) is 10.6. The fourth-order valence-corrected chi connectivity index (χ4v) is 2.95. The molecule has 0 radical (unpaired) electrons. The molecule has 0 aliphatic rings. The van der Waals surface area contributed by atoms with Crippen LogP contribution in [0, 0.1) is 0 Å². The molecule has 8 heteroatoms. The van der Waals surface area contributed by atoms with Crippen molar-refractivity contribution in [2.75, 3.05) is 0 Å². The highest BCUT2D eigenvalue weighted by atomic mass is 32.2. The van der Waals surface area contributed by atoms with Crippen LogP contribution >= 0.6 is 0 Å². The number of hydrogen-bond acceptors (Lipinski definition) is 4. The van der Waals surface area contributed by atoms with Gasteiger partial charge in [0.2, 0.25) is 0 Å². The summed E-state index contributed by atoms with van der Waals surface area (Å²) in [5.74, 6) is 0.0803. The van der Waals surface area contributed by atoms with Crippen LogP contribution in [0.1, 0.15) is 24.5 Å². The van der Waals surface area contributed by atoms with Crippen molar-refractivity contribution in [3.05, 3.63) is 59.7 Å². The molecule has 0 aliphatic carbocycles. The largest absolute Gasteiger partial charge is 0.416 e. The van der Waals surface area contributed by atoms with Gasteiger partial charge in [-0.05, 0) is 55.3 Å². The van der Waals surface area contributed by atoms with Crippen LogP contribution in [0.25, 0.3) is 0 Å². The molecule has 0 bridgehead atoms. The molecule has 0 saturated heterocycles. The minimum Gasteiger partial charge on any atom is -0.379 e. The molecule has 0 atom stereocenters. The second-order valence-electron chi connectivity index (χ2n) is 5.41. The summed E-state index contributed by atoms with van der Waals surface area (Å²) in [5.41, 5.74) is -0.101. The summed E-state index contributed by atoms with van der Waals surface area (Å²) < 4.78 is 66.7. The van der Waals surface area contributed by atoms with Crippen molar-refractivity contribution in [1.29, 1.82) is 0 Å². The topological polar surface area (TPSA) is 60.4 Å². The van der Waals surface area contributed by atoms with Gasteiger partial charge in [-0.15, -0.1) is 0 Å². The molecule has 2 aromatic rings. The molecular formula is C17H15F3O4S. The molecule has 0 unspecified atom stereocenters. The first kappa shape index (κ1) is 19.0. The number of carbonyl (C=O) groups excluding carboxylic acids is 1. The van der Waals surface area contributed by atoms with E-state index in [0.29, 0.717) is 25.0 Å². The van der Waals surface area contributed by atoms with Crippen LogP contribution in [-0.4, -0.2) is 14.2 Å². The lowest BCUT2D eigenvalue weighted by atomic mass is 10.1. The minimum absolute atomic E-state index is 0.0338. The predicted octanol–water partition coefficient (Wildman–Crippen LogP) is 3.99. The zero-order chi connectivity index (χ0) is 18.7. The van der Waals surface area contributed by atoms with E-state index >= 15 is 0 Å². The second-order valence-corrected chi connectivity index (χ2v) is 6.95. The Balaban J connectivity index is 2.11. The first-order valence-electron chi connectivity index (χ1n) is 7.28. The molecule has 134 valence electrons. The number of aryl methyl sites for hydroxylation is 1. The average Bonchev–Trinajstić information content (AvgIpc) is 2.53. The highest BCUT2D eigenvalue weighted by Gasteiger charge is 2.30. The lowest BCUT2D eigenvalue weighted by Gasteiger charge is -2.10. The minimum atomic E-state index is -4.54. The van der Waals surface area contributed by atoms with Crippen LogP contribution < -0.4 is 4.18 Å². The molecule has 0 aliphatic heterocycles. The summed E-state index contributed by atoms with van der Waals surface area (Å²) in [6, 6.07) is 9.16. The van der Waals surface area contributed by atoms with Crippen LogP contribution in [-0.2, 0) is 27.5 Å². The van der Waals surface area contributed by atoms with Gasteiger partial charge in [0.15, 0.2) is 0 Å². The molecular weight excluding hydrogens is 357 g/mol. The van der Waals surface area contributed by atoms with Crippen LogP contribution in [0.4, 0.5) is 13.2 Å². The normalized spacial score (nSPS) is 12.0. The van der Waals surface area contributed by atoms with E-state index in [0.717, 1.165) is 17.7 Å². The van der Waals surface area contributed by atoms with Gasteiger partial charge in [-0.25, -0.2) is 0 Å². The molecule has 0 fully saturated rings. The standard InChI is InChI=1S/C17H15F3O4S/c1-12(21)2-3-13-4-8-15(9-5-13)24-25(22,23)16-10-6-14(7-11-16)17(18,19)20/h4-11H,2-3H2,1H3. The molecule has 0 aromatic heterocycles. The maximum absolute atomic E-state index is 12.5. The summed E-state index contributed by atoms with van der Waals surface area (Å²) in [6.07, 6.45) is -3.63. The fraction of sp³-hybridized carbons (Fsp3) is 0.235. The molecule has 0 N–H and O–H groups in total. The maximum atomic E-state index is 12.5. The van der Waals surface area contributed by atoms with Gasteiger partial charge in [-0.1, -0.05) is 12.1 Å². The summed E-state index contributed by atoms with van der Waals surface area (Å²) >= 11 is 0. The number of halogens is 3. The fourth-order valence-electron chi connectivity index (χ4n) is 2.02. The number of hydrogen-bond donors (Lipinski definition) is 0. The van der Waals surface area contributed by atoms with Gasteiger partial charge in [-0.3, -0.25) is 0 Å². The van der Waals surface area contributed by atoms with Gasteiger partial charge in [-0.2, -0.15) is 21.6 Å². The van der Waals surface area contributed by atoms with Crippen LogP contribution in [0.2, 0.25) is 0 Å². The quantitative estimate of drug-likeness (QED) is 0.720. The highest BCUT2D eigenvalue weighted by molar-refractivity contribution is 7.87.